The number of hydrogen-bond acceptors (Lipinski definition) is 7. The largest absolute Gasteiger partial charge is 0.347 e. The first kappa shape index (κ1) is 21.1. The Hall–Kier alpha value is -2.59. The molecule has 0 saturated carbocycles. The van der Waals surface area contributed by atoms with E-state index >= 15 is 0 Å². The van der Waals surface area contributed by atoms with E-state index in [0.29, 0.717) is 43.3 Å². The Balaban J connectivity index is 1.91. The Kier molecular flexibility index (Phi) is 6.13. The van der Waals surface area contributed by atoms with Gasteiger partial charge in [0.1, 0.15) is 0 Å². The van der Waals surface area contributed by atoms with Gasteiger partial charge in [0.05, 0.1) is 17.5 Å². The lowest BCUT2D eigenvalue weighted by atomic mass is 9.99. The van der Waals surface area contributed by atoms with E-state index in [1.165, 1.54) is 10.6 Å². The highest BCUT2D eigenvalue weighted by atomic mass is 32.2. The van der Waals surface area contributed by atoms with Crippen LogP contribution in [0.15, 0.2) is 30.7 Å². The predicted octanol–water partition coefficient (Wildman–Crippen LogP) is 0.959. The second kappa shape index (κ2) is 8.42. The van der Waals surface area contributed by atoms with Crippen LogP contribution in [-0.2, 0) is 16.6 Å². The zero-order valence-corrected chi connectivity index (χ0v) is 17.9. The minimum absolute atomic E-state index is 0.155. The maximum Gasteiger partial charge on any atom is 0.257 e. The zero-order chi connectivity index (χ0) is 21.2. The fourth-order valence-corrected chi connectivity index (χ4v) is 4.26. The number of anilines is 1. The summed E-state index contributed by atoms with van der Waals surface area (Å²) < 4.78 is 25.3. The quantitative estimate of drug-likeness (QED) is 0.689. The van der Waals surface area contributed by atoms with Crippen molar-refractivity contribution in [2.75, 3.05) is 45.4 Å². The van der Waals surface area contributed by atoms with E-state index in [9.17, 15) is 13.2 Å². The molecule has 0 bridgehead atoms. The molecule has 1 aliphatic rings. The molecule has 0 aliphatic carbocycles. The summed E-state index contributed by atoms with van der Waals surface area (Å²) in [4.78, 5) is 29.5. The van der Waals surface area contributed by atoms with Gasteiger partial charge in [0.15, 0.2) is 0 Å². The molecule has 0 N–H and O–H groups in total. The lowest BCUT2D eigenvalue weighted by molar-refractivity contribution is 0.0782. The Bertz CT molecular complexity index is 981. The number of hydrogen-bond donors (Lipinski definition) is 0. The number of sulfonamides is 1. The Morgan fingerprint density at radius 1 is 1.28 bits per heavy atom. The third-order valence-corrected chi connectivity index (χ3v) is 6.20. The topological polar surface area (TPSA) is 99.6 Å². The van der Waals surface area contributed by atoms with E-state index in [2.05, 4.69) is 15.0 Å². The van der Waals surface area contributed by atoms with E-state index in [1.54, 1.807) is 35.4 Å². The van der Waals surface area contributed by atoms with Crippen molar-refractivity contribution in [1.29, 1.82) is 0 Å². The SMILES string of the molecule is CN(Cc1cccnc1)C(=O)c1cnc(N(C)C)nc1C1CCN(S(C)(=O)=O)C1. The van der Waals surface area contributed by atoms with Crippen LogP contribution in [0.1, 0.15) is 34.0 Å². The van der Waals surface area contributed by atoms with Crippen molar-refractivity contribution in [3.63, 3.8) is 0 Å². The predicted molar refractivity (Wildman–Crippen MR) is 110 cm³/mol. The van der Waals surface area contributed by atoms with Crippen LogP contribution in [0.4, 0.5) is 5.95 Å². The summed E-state index contributed by atoms with van der Waals surface area (Å²) in [5.74, 6) is 0.133. The Morgan fingerprint density at radius 3 is 2.62 bits per heavy atom. The molecule has 1 amide bonds. The van der Waals surface area contributed by atoms with Crippen molar-refractivity contribution in [3.05, 3.63) is 47.5 Å². The number of aromatic nitrogens is 3. The van der Waals surface area contributed by atoms with Crippen molar-refractivity contribution in [3.8, 4) is 0 Å². The van der Waals surface area contributed by atoms with E-state index in [1.807, 2.05) is 26.2 Å². The highest BCUT2D eigenvalue weighted by molar-refractivity contribution is 7.88. The molecule has 10 heteroatoms. The monoisotopic (exact) mass is 418 g/mol. The van der Waals surface area contributed by atoms with Gasteiger partial charge in [-0.1, -0.05) is 6.07 Å². The molecule has 3 heterocycles. The molecule has 2 aromatic rings. The smallest absolute Gasteiger partial charge is 0.257 e. The van der Waals surface area contributed by atoms with Gasteiger partial charge in [0.2, 0.25) is 16.0 Å². The van der Waals surface area contributed by atoms with Crippen LogP contribution in [0.5, 0.6) is 0 Å². The van der Waals surface area contributed by atoms with Gasteiger partial charge in [-0.25, -0.2) is 22.7 Å². The van der Waals surface area contributed by atoms with Gasteiger partial charge in [-0.2, -0.15) is 0 Å². The van der Waals surface area contributed by atoms with Gasteiger partial charge in [-0.05, 0) is 18.1 Å². The highest BCUT2D eigenvalue weighted by Gasteiger charge is 2.33. The first-order valence-corrected chi connectivity index (χ1v) is 11.2. The van der Waals surface area contributed by atoms with Crippen LogP contribution in [0.25, 0.3) is 0 Å². The molecule has 0 radical (unpaired) electrons. The molecule has 0 aromatic carbocycles. The van der Waals surface area contributed by atoms with Crippen molar-refractivity contribution >= 4 is 21.9 Å². The number of rotatable bonds is 6. The number of nitrogens with zero attached hydrogens (tertiary/aromatic N) is 6. The number of carbonyl (C=O) groups is 1. The van der Waals surface area contributed by atoms with Crippen LogP contribution in [0.2, 0.25) is 0 Å². The highest BCUT2D eigenvalue weighted by Crippen LogP contribution is 2.31. The number of amides is 1. The second-order valence-electron chi connectivity index (χ2n) is 7.49. The maximum absolute atomic E-state index is 13.2. The van der Waals surface area contributed by atoms with Gasteiger partial charge in [0, 0.05) is 65.3 Å². The summed E-state index contributed by atoms with van der Waals surface area (Å²) in [6, 6.07) is 3.73. The fraction of sp³-hybridized carbons (Fsp3) is 0.474. The average Bonchev–Trinajstić information content (AvgIpc) is 3.18. The molecule has 2 aromatic heterocycles. The van der Waals surface area contributed by atoms with Crippen molar-refractivity contribution in [1.82, 2.24) is 24.2 Å². The molecule has 1 saturated heterocycles. The van der Waals surface area contributed by atoms with Crippen molar-refractivity contribution in [2.24, 2.45) is 0 Å². The van der Waals surface area contributed by atoms with Crippen molar-refractivity contribution < 1.29 is 13.2 Å². The summed E-state index contributed by atoms with van der Waals surface area (Å²) in [6.45, 7) is 1.14. The van der Waals surface area contributed by atoms with Crippen LogP contribution >= 0.6 is 0 Å². The van der Waals surface area contributed by atoms with E-state index in [0.717, 1.165) is 5.56 Å². The molecule has 1 atom stereocenters. The molecule has 1 unspecified atom stereocenters. The minimum atomic E-state index is -3.28. The number of carbonyl (C=O) groups excluding carboxylic acids is 1. The molecule has 29 heavy (non-hydrogen) atoms. The third kappa shape index (κ3) is 4.88. The molecule has 9 nitrogen and oxygen atoms in total. The molecular formula is C19H26N6O3S. The number of pyridine rings is 1. The zero-order valence-electron chi connectivity index (χ0n) is 17.1. The molecule has 1 fully saturated rings. The summed E-state index contributed by atoms with van der Waals surface area (Å²) in [5, 5.41) is 0. The minimum Gasteiger partial charge on any atom is -0.347 e. The third-order valence-electron chi connectivity index (χ3n) is 4.93. The van der Waals surface area contributed by atoms with Gasteiger partial charge in [-0.15, -0.1) is 0 Å². The maximum atomic E-state index is 13.2. The molecule has 156 valence electrons. The summed E-state index contributed by atoms with van der Waals surface area (Å²) >= 11 is 0. The average molecular weight is 419 g/mol. The van der Waals surface area contributed by atoms with Crippen LogP contribution in [-0.4, -0.2) is 79.0 Å². The lowest BCUT2D eigenvalue weighted by Gasteiger charge is -2.22. The molecule has 3 rings (SSSR count). The van der Waals surface area contributed by atoms with E-state index in [-0.39, 0.29) is 11.8 Å². The molecular weight excluding hydrogens is 392 g/mol. The standard InChI is InChI=1S/C19H26N6O3S/c1-23(2)19-21-11-16(18(26)24(3)12-14-6-5-8-20-10-14)17(22-19)15-7-9-25(13-15)29(4,27)28/h5-6,8,10-11,15H,7,9,12-13H2,1-4H3. The van der Waals surface area contributed by atoms with Gasteiger partial charge in [0.25, 0.3) is 5.91 Å². The summed E-state index contributed by atoms with van der Waals surface area (Å²) in [5.41, 5.74) is 1.92. The van der Waals surface area contributed by atoms with Crippen LogP contribution in [0.3, 0.4) is 0 Å². The van der Waals surface area contributed by atoms with Crippen molar-refractivity contribution in [2.45, 2.75) is 18.9 Å². The lowest BCUT2D eigenvalue weighted by Crippen LogP contribution is -2.30. The first-order valence-electron chi connectivity index (χ1n) is 9.30. The van der Waals surface area contributed by atoms with Gasteiger partial charge < -0.3 is 9.80 Å². The fourth-order valence-electron chi connectivity index (χ4n) is 3.37. The normalized spacial score (nSPS) is 17.3. The summed E-state index contributed by atoms with van der Waals surface area (Å²) in [6.07, 6.45) is 6.77. The van der Waals surface area contributed by atoms with Crippen LogP contribution < -0.4 is 4.90 Å². The van der Waals surface area contributed by atoms with E-state index in [4.69, 9.17) is 0 Å². The summed E-state index contributed by atoms with van der Waals surface area (Å²) in [7, 11) is 2.09. The van der Waals surface area contributed by atoms with Gasteiger partial charge in [-0.3, -0.25) is 9.78 Å². The first-order chi connectivity index (χ1) is 13.7. The van der Waals surface area contributed by atoms with E-state index < -0.39 is 10.0 Å². The van der Waals surface area contributed by atoms with Gasteiger partial charge >= 0.3 is 0 Å². The molecule has 0 spiro atoms. The Morgan fingerprint density at radius 2 is 2.03 bits per heavy atom. The Labute approximate surface area is 171 Å². The molecule has 1 aliphatic heterocycles. The second-order valence-corrected chi connectivity index (χ2v) is 9.47. The van der Waals surface area contributed by atoms with Crippen LogP contribution in [0, 0.1) is 0 Å².